The van der Waals surface area contributed by atoms with E-state index in [1.54, 1.807) is 13.0 Å². The number of hydrogen-bond donors (Lipinski definition) is 5. The van der Waals surface area contributed by atoms with Crippen LogP contribution in [0.15, 0.2) is 29.3 Å². The predicted molar refractivity (Wildman–Crippen MR) is 99.9 cm³/mol. The van der Waals surface area contributed by atoms with E-state index < -0.39 is 6.10 Å². The predicted octanol–water partition coefficient (Wildman–Crippen LogP) is -0.645. The SMILES string of the molecule is COC(C)C(=O)NC1NN=C(NC2CCN(/C(N)=C/C=C\N)CC2)S1. The molecule has 2 unspecified atom stereocenters. The van der Waals surface area contributed by atoms with Crippen LogP contribution in [0, 0.1) is 0 Å². The molecule has 0 bridgehead atoms. The smallest absolute Gasteiger partial charge is 0.251 e. The third kappa shape index (κ3) is 5.75. The number of amides is 1. The van der Waals surface area contributed by atoms with E-state index in [4.69, 9.17) is 16.2 Å². The van der Waals surface area contributed by atoms with Crippen molar-refractivity contribution in [3.8, 4) is 0 Å². The van der Waals surface area contributed by atoms with Crippen molar-refractivity contribution in [2.75, 3.05) is 20.2 Å². The van der Waals surface area contributed by atoms with E-state index in [0.717, 1.165) is 36.9 Å². The van der Waals surface area contributed by atoms with Crippen LogP contribution < -0.4 is 27.5 Å². The molecule has 0 aromatic heterocycles. The summed E-state index contributed by atoms with van der Waals surface area (Å²) in [6, 6.07) is 0.328. The molecule has 0 aliphatic carbocycles. The minimum absolute atomic E-state index is 0.175. The normalized spacial score (nSPS) is 23.3. The first-order valence-electron chi connectivity index (χ1n) is 8.22. The summed E-state index contributed by atoms with van der Waals surface area (Å²) in [6.45, 7) is 3.44. The van der Waals surface area contributed by atoms with E-state index in [2.05, 4.69) is 26.1 Å². The van der Waals surface area contributed by atoms with Gasteiger partial charge in [0.15, 0.2) is 10.7 Å². The Kier molecular flexibility index (Phi) is 7.26. The van der Waals surface area contributed by atoms with Crippen LogP contribution in [0.25, 0.3) is 0 Å². The van der Waals surface area contributed by atoms with Gasteiger partial charge in [0, 0.05) is 26.2 Å². The minimum atomic E-state index is -0.489. The number of allylic oxidation sites excluding steroid dienone is 2. The van der Waals surface area contributed by atoms with Crippen molar-refractivity contribution in [3.05, 3.63) is 24.2 Å². The van der Waals surface area contributed by atoms with Gasteiger partial charge in [-0.05, 0) is 49.9 Å². The molecule has 1 fully saturated rings. The summed E-state index contributed by atoms with van der Waals surface area (Å²) < 4.78 is 4.99. The van der Waals surface area contributed by atoms with Crippen molar-refractivity contribution in [2.24, 2.45) is 16.6 Å². The summed E-state index contributed by atoms with van der Waals surface area (Å²) in [5.41, 5.74) is 14.0. The molecule has 2 rings (SSSR count). The zero-order valence-corrected chi connectivity index (χ0v) is 15.4. The molecule has 0 radical (unpaired) electrons. The second-order valence-electron chi connectivity index (χ2n) is 5.81. The zero-order valence-electron chi connectivity index (χ0n) is 14.6. The first kappa shape index (κ1) is 19.3. The Morgan fingerprint density at radius 1 is 1.52 bits per heavy atom. The van der Waals surface area contributed by atoms with Crippen molar-refractivity contribution >= 4 is 22.8 Å². The lowest BCUT2D eigenvalue weighted by atomic mass is 10.1. The molecule has 2 aliphatic rings. The van der Waals surface area contributed by atoms with Crippen molar-refractivity contribution in [1.29, 1.82) is 0 Å². The number of ether oxygens (including phenoxy) is 1. The molecule has 1 amide bonds. The highest BCUT2D eigenvalue weighted by Crippen LogP contribution is 2.18. The molecule has 1 saturated heterocycles. The molecule has 0 aromatic carbocycles. The van der Waals surface area contributed by atoms with Crippen LogP contribution in [-0.2, 0) is 9.53 Å². The zero-order chi connectivity index (χ0) is 18.2. The van der Waals surface area contributed by atoms with Crippen molar-refractivity contribution < 1.29 is 9.53 Å². The van der Waals surface area contributed by atoms with Crippen LogP contribution >= 0.6 is 11.8 Å². The van der Waals surface area contributed by atoms with Gasteiger partial charge in [0.05, 0.1) is 5.82 Å². The first-order chi connectivity index (χ1) is 12.0. The first-order valence-corrected chi connectivity index (χ1v) is 9.10. The largest absolute Gasteiger partial charge is 0.405 e. The van der Waals surface area contributed by atoms with Gasteiger partial charge >= 0.3 is 0 Å². The van der Waals surface area contributed by atoms with E-state index in [1.165, 1.54) is 25.1 Å². The average Bonchev–Trinajstić information content (AvgIpc) is 3.06. The van der Waals surface area contributed by atoms with Crippen LogP contribution in [0.3, 0.4) is 0 Å². The molecule has 10 heteroatoms. The van der Waals surface area contributed by atoms with E-state index in [9.17, 15) is 4.79 Å². The lowest BCUT2D eigenvalue weighted by Gasteiger charge is -2.34. The highest BCUT2D eigenvalue weighted by atomic mass is 32.2. The molecule has 0 spiro atoms. The highest BCUT2D eigenvalue weighted by Gasteiger charge is 2.26. The Bertz CT molecular complexity index is 544. The molecule has 0 aromatic rings. The van der Waals surface area contributed by atoms with E-state index in [1.807, 2.05) is 6.08 Å². The topological polar surface area (TPSA) is 130 Å². The van der Waals surface area contributed by atoms with Gasteiger partial charge in [-0.1, -0.05) is 0 Å². The van der Waals surface area contributed by atoms with Gasteiger partial charge in [-0.2, -0.15) is 5.10 Å². The van der Waals surface area contributed by atoms with Crippen molar-refractivity contribution in [3.63, 3.8) is 0 Å². The highest BCUT2D eigenvalue weighted by molar-refractivity contribution is 8.14. The number of nitrogens with zero attached hydrogens (tertiary/aromatic N) is 2. The summed E-state index contributed by atoms with van der Waals surface area (Å²) in [6.07, 6.45) is 6.43. The number of carbonyl (C=O) groups is 1. The average molecular weight is 369 g/mol. The summed E-state index contributed by atoms with van der Waals surface area (Å²) in [5.74, 6) is 0.551. The van der Waals surface area contributed by atoms with Crippen molar-refractivity contribution in [1.82, 2.24) is 21.0 Å². The van der Waals surface area contributed by atoms with Gasteiger partial charge in [0.1, 0.15) is 6.10 Å². The van der Waals surface area contributed by atoms with E-state index in [-0.39, 0.29) is 11.4 Å². The Morgan fingerprint density at radius 3 is 2.88 bits per heavy atom. The molecular weight excluding hydrogens is 342 g/mol. The number of methoxy groups -OCH3 is 1. The van der Waals surface area contributed by atoms with Crippen LogP contribution in [0.4, 0.5) is 0 Å². The second kappa shape index (κ2) is 9.42. The van der Waals surface area contributed by atoms with E-state index >= 15 is 0 Å². The Morgan fingerprint density at radius 2 is 2.24 bits per heavy atom. The summed E-state index contributed by atoms with van der Waals surface area (Å²) >= 11 is 1.45. The third-order valence-electron chi connectivity index (χ3n) is 4.07. The number of hydrazone groups is 1. The van der Waals surface area contributed by atoms with Gasteiger partial charge < -0.3 is 31.7 Å². The van der Waals surface area contributed by atoms with Gasteiger partial charge in [-0.15, -0.1) is 0 Å². The number of amidine groups is 1. The molecule has 9 nitrogen and oxygen atoms in total. The van der Waals surface area contributed by atoms with Crippen LogP contribution in [0.5, 0.6) is 0 Å². The number of rotatable bonds is 6. The van der Waals surface area contributed by atoms with Crippen LogP contribution in [0.2, 0.25) is 0 Å². The summed E-state index contributed by atoms with van der Waals surface area (Å²) in [7, 11) is 1.50. The molecule has 140 valence electrons. The van der Waals surface area contributed by atoms with Crippen molar-refractivity contribution in [2.45, 2.75) is 37.4 Å². The number of carbonyl (C=O) groups excluding carboxylic acids is 1. The molecule has 7 N–H and O–H groups in total. The fraction of sp³-hybridized carbons (Fsp3) is 0.600. The lowest BCUT2D eigenvalue weighted by Crippen LogP contribution is -2.45. The Labute approximate surface area is 152 Å². The maximum atomic E-state index is 11.8. The molecule has 0 saturated carbocycles. The third-order valence-corrected chi connectivity index (χ3v) is 4.97. The number of piperidine rings is 1. The monoisotopic (exact) mass is 369 g/mol. The van der Waals surface area contributed by atoms with Gasteiger partial charge in [0.2, 0.25) is 0 Å². The molecular formula is C15H27N7O2S. The van der Waals surface area contributed by atoms with Gasteiger partial charge in [-0.3, -0.25) is 10.2 Å². The fourth-order valence-electron chi connectivity index (χ4n) is 2.48. The number of nitrogens with one attached hydrogen (secondary N) is 3. The molecule has 2 atom stereocenters. The quantitative estimate of drug-likeness (QED) is 0.391. The standard InChI is InChI=1S/C15H27N7O2S/c1-10(24-2)13(23)19-15-21-20-14(25-15)18-11-5-8-22(9-6-11)12(17)4-3-7-16/h3-4,7,10-11,15,21H,5-6,8-9,16-17H2,1-2H3,(H,18,20)(H,19,23)/b7-3-,12-4+. The Hall–Kier alpha value is -2.07. The van der Waals surface area contributed by atoms with Gasteiger partial charge in [-0.25, -0.2) is 0 Å². The van der Waals surface area contributed by atoms with E-state index in [0.29, 0.717) is 6.04 Å². The summed E-state index contributed by atoms with van der Waals surface area (Å²) in [4.78, 5) is 13.9. The molecule has 2 aliphatic heterocycles. The fourth-order valence-corrected chi connectivity index (χ4v) is 3.32. The molecule has 2 heterocycles. The molecule has 25 heavy (non-hydrogen) atoms. The minimum Gasteiger partial charge on any atom is -0.405 e. The maximum Gasteiger partial charge on any atom is 0.251 e. The summed E-state index contributed by atoms with van der Waals surface area (Å²) in [5, 5.41) is 11.3. The number of likely N-dealkylation sites (tertiary alicyclic amines) is 1. The van der Waals surface area contributed by atoms with Gasteiger partial charge in [0.25, 0.3) is 5.91 Å². The Balaban J connectivity index is 1.72. The van der Waals surface area contributed by atoms with Crippen LogP contribution in [0.1, 0.15) is 19.8 Å². The number of hydrogen-bond acceptors (Lipinski definition) is 9. The number of thioether (sulfide) groups is 1. The second-order valence-corrected chi connectivity index (χ2v) is 6.91. The lowest BCUT2D eigenvalue weighted by molar-refractivity contribution is -0.130. The maximum absolute atomic E-state index is 11.8. The number of nitrogens with two attached hydrogens (primary N) is 2. The van der Waals surface area contributed by atoms with Crippen LogP contribution in [-0.4, -0.2) is 53.8 Å².